The summed E-state index contributed by atoms with van der Waals surface area (Å²) in [6.07, 6.45) is 3.52. The number of carbonyl (C=O) groups is 1. The minimum atomic E-state index is -3.60. The summed E-state index contributed by atoms with van der Waals surface area (Å²) in [5.41, 5.74) is 1.14. The first-order valence-electron chi connectivity index (χ1n) is 8.38. The van der Waals surface area contributed by atoms with Crippen molar-refractivity contribution in [3.05, 3.63) is 52.9 Å². The Hall–Kier alpha value is -1.64. The number of benzene rings is 1. The second-order valence-electron chi connectivity index (χ2n) is 6.04. The summed E-state index contributed by atoms with van der Waals surface area (Å²) in [4.78, 5) is 12.2. The first-order valence-corrected chi connectivity index (χ1v) is 11.8. The van der Waals surface area contributed by atoms with E-state index in [1.165, 1.54) is 0 Å². The molecular formula is C18H23ClN2O4S2. The van der Waals surface area contributed by atoms with Crippen molar-refractivity contribution < 1.29 is 17.6 Å². The molecule has 0 bridgehead atoms. The Balaban J connectivity index is 1.82. The molecule has 6 nitrogen and oxygen atoms in total. The molecular weight excluding hydrogens is 408 g/mol. The van der Waals surface area contributed by atoms with Crippen LogP contribution in [0.1, 0.15) is 17.7 Å². The summed E-state index contributed by atoms with van der Waals surface area (Å²) in [5.74, 6) is 2.24. The van der Waals surface area contributed by atoms with Gasteiger partial charge in [-0.25, -0.2) is 8.42 Å². The zero-order valence-corrected chi connectivity index (χ0v) is 17.7. The number of rotatable bonds is 10. The number of nitrogens with one attached hydrogen (secondary N) is 1. The van der Waals surface area contributed by atoms with Crippen molar-refractivity contribution in [3.63, 3.8) is 0 Å². The Morgan fingerprint density at radius 2 is 2.11 bits per heavy atom. The van der Waals surface area contributed by atoms with Crippen LogP contribution in [0.15, 0.2) is 41.0 Å². The number of furan rings is 1. The van der Waals surface area contributed by atoms with E-state index in [1.807, 2.05) is 12.1 Å². The van der Waals surface area contributed by atoms with E-state index in [4.69, 9.17) is 16.0 Å². The largest absolute Gasteiger partial charge is 0.468 e. The van der Waals surface area contributed by atoms with E-state index < -0.39 is 10.0 Å². The average molecular weight is 431 g/mol. The SMILES string of the molecule is Cc1cc(Cl)ccc1N(CC(=O)NCCCSCc1ccco1)S(C)(=O)=O. The summed E-state index contributed by atoms with van der Waals surface area (Å²) < 4.78 is 30.6. The van der Waals surface area contributed by atoms with Gasteiger partial charge in [0.15, 0.2) is 0 Å². The number of sulfonamides is 1. The van der Waals surface area contributed by atoms with Crippen molar-refractivity contribution in [2.24, 2.45) is 0 Å². The van der Waals surface area contributed by atoms with Gasteiger partial charge in [0.05, 0.1) is 24.0 Å². The summed E-state index contributed by atoms with van der Waals surface area (Å²) >= 11 is 7.65. The van der Waals surface area contributed by atoms with Gasteiger partial charge < -0.3 is 9.73 Å². The third-order valence-electron chi connectivity index (χ3n) is 3.73. The van der Waals surface area contributed by atoms with Gasteiger partial charge in [-0.1, -0.05) is 11.6 Å². The van der Waals surface area contributed by atoms with Crippen molar-refractivity contribution in [2.75, 3.05) is 29.4 Å². The van der Waals surface area contributed by atoms with Crippen LogP contribution in [0.2, 0.25) is 5.02 Å². The van der Waals surface area contributed by atoms with Crippen LogP contribution >= 0.6 is 23.4 Å². The molecule has 0 aliphatic rings. The molecule has 0 aliphatic heterocycles. The summed E-state index contributed by atoms with van der Waals surface area (Å²) in [5, 5.41) is 3.29. The molecule has 0 saturated heterocycles. The van der Waals surface area contributed by atoms with Gasteiger partial charge in [-0.3, -0.25) is 9.10 Å². The van der Waals surface area contributed by atoms with Gasteiger partial charge in [-0.15, -0.1) is 0 Å². The molecule has 1 aromatic carbocycles. The molecule has 1 aromatic heterocycles. The quantitative estimate of drug-likeness (QED) is 0.584. The Kier molecular flexibility index (Phi) is 8.07. The summed E-state index contributed by atoms with van der Waals surface area (Å²) in [6.45, 7) is 1.98. The number of thioether (sulfide) groups is 1. The van der Waals surface area contributed by atoms with Gasteiger partial charge in [0, 0.05) is 11.6 Å². The fourth-order valence-electron chi connectivity index (χ4n) is 2.44. The highest BCUT2D eigenvalue weighted by atomic mass is 35.5. The molecule has 1 heterocycles. The van der Waals surface area contributed by atoms with Crippen molar-refractivity contribution in [3.8, 4) is 0 Å². The molecule has 0 spiro atoms. The fourth-order valence-corrected chi connectivity index (χ4v) is 4.43. The molecule has 2 aromatic rings. The predicted octanol–water partition coefficient (Wildman–Crippen LogP) is 3.45. The van der Waals surface area contributed by atoms with E-state index in [0.717, 1.165) is 34.2 Å². The lowest BCUT2D eigenvalue weighted by Crippen LogP contribution is -2.41. The number of anilines is 1. The van der Waals surface area contributed by atoms with Crippen LogP contribution < -0.4 is 9.62 Å². The van der Waals surface area contributed by atoms with Crippen LogP contribution in [0.25, 0.3) is 0 Å². The van der Waals surface area contributed by atoms with Gasteiger partial charge in [-0.05, 0) is 55.0 Å². The van der Waals surface area contributed by atoms with Crippen LogP contribution in [0.3, 0.4) is 0 Å². The Morgan fingerprint density at radius 1 is 1.33 bits per heavy atom. The molecule has 0 fully saturated rings. The van der Waals surface area contributed by atoms with E-state index in [0.29, 0.717) is 22.8 Å². The molecule has 27 heavy (non-hydrogen) atoms. The second-order valence-corrected chi connectivity index (χ2v) is 9.48. The van der Waals surface area contributed by atoms with Gasteiger partial charge in [0.25, 0.3) is 0 Å². The highest BCUT2D eigenvalue weighted by Gasteiger charge is 2.22. The number of amides is 1. The van der Waals surface area contributed by atoms with E-state index in [-0.39, 0.29) is 12.5 Å². The van der Waals surface area contributed by atoms with Gasteiger partial charge in [0.2, 0.25) is 15.9 Å². The first kappa shape index (κ1) is 21.7. The van der Waals surface area contributed by atoms with Gasteiger partial charge >= 0.3 is 0 Å². The molecule has 0 unspecified atom stereocenters. The third kappa shape index (κ3) is 7.12. The zero-order chi connectivity index (χ0) is 19.9. The average Bonchev–Trinajstić information content (AvgIpc) is 3.09. The highest BCUT2D eigenvalue weighted by molar-refractivity contribution is 7.98. The fraction of sp³-hybridized carbons (Fsp3) is 0.389. The minimum Gasteiger partial charge on any atom is -0.468 e. The molecule has 1 N–H and O–H groups in total. The zero-order valence-electron chi connectivity index (χ0n) is 15.3. The van der Waals surface area contributed by atoms with Gasteiger partial charge in [0.1, 0.15) is 12.3 Å². The molecule has 0 atom stereocenters. The van der Waals surface area contributed by atoms with Crippen LogP contribution in [0, 0.1) is 6.92 Å². The lowest BCUT2D eigenvalue weighted by Gasteiger charge is -2.23. The van der Waals surface area contributed by atoms with Crippen LogP contribution in [0.5, 0.6) is 0 Å². The van der Waals surface area contributed by atoms with Crippen molar-refractivity contribution in [1.82, 2.24) is 5.32 Å². The minimum absolute atomic E-state index is 0.263. The predicted molar refractivity (Wildman–Crippen MR) is 111 cm³/mol. The standard InChI is InChI=1S/C18H23ClN2O4S2/c1-14-11-15(19)6-7-17(14)21(27(2,23)24)12-18(22)20-8-4-10-26-13-16-5-3-9-25-16/h3,5-7,9,11H,4,8,10,12-13H2,1-2H3,(H,20,22). The summed E-state index contributed by atoms with van der Waals surface area (Å²) in [7, 11) is -3.60. The smallest absolute Gasteiger partial charge is 0.240 e. The molecule has 1 amide bonds. The van der Waals surface area contributed by atoms with E-state index in [1.54, 1.807) is 43.1 Å². The van der Waals surface area contributed by atoms with E-state index in [2.05, 4.69) is 5.32 Å². The second kappa shape index (κ2) is 10.1. The van der Waals surface area contributed by atoms with Crippen LogP contribution in [-0.2, 0) is 20.6 Å². The lowest BCUT2D eigenvalue weighted by molar-refractivity contribution is -0.119. The van der Waals surface area contributed by atoms with Crippen molar-refractivity contribution in [2.45, 2.75) is 19.1 Å². The number of carbonyl (C=O) groups excluding carboxylic acids is 1. The lowest BCUT2D eigenvalue weighted by atomic mass is 10.2. The van der Waals surface area contributed by atoms with E-state index in [9.17, 15) is 13.2 Å². The Labute approximate surface area is 169 Å². The maximum Gasteiger partial charge on any atom is 0.240 e. The van der Waals surface area contributed by atoms with E-state index >= 15 is 0 Å². The molecule has 148 valence electrons. The van der Waals surface area contributed by atoms with Crippen molar-refractivity contribution in [1.29, 1.82) is 0 Å². The number of nitrogens with zero attached hydrogens (tertiary/aromatic N) is 1. The summed E-state index contributed by atoms with van der Waals surface area (Å²) in [6, 6.07) is 8.66. The number of aryl methyl sites for hydroxylation is 1. The normalized spacial score (nSPS) is 11.4. The van der Waals surface area contributed by atoms with Crippen LogP contribution in [0.4, 0.5) is 5.69 Å². The third-order valence-corrected chi connectivity index (χ3v) is 6.15. The van der Waals surface area contributed by atoms with Gasteiger partial charge in [-0.2, -0.15) is 11.8 Å². The number of halogens is 1. The molecule has 0 saturated carbocycles. The van der Waals surface area contributed by atoms with Crippen molar-refractivity contribution >= 4 is 45.0 Å². The maximum atomic E-state index is 12.2. The van der Waals surface area contributed by atoms with Crippen LogP contribution in [-0.4, -0.2) is 39.4 Å². The first-order chi connectivity index (χ1) is 12.8. The number of hydrogen-bond acceptors (Lipinski definition) is 5. The molecule has 0 radical (unpaired) electrons. The maximum absolute atomic E-state index is 12.2. The molecule has 9 heteroatoms. The number of hydrogen-bond donors (Lipinski definition) is 1. The Morgan fingerprint density at radius 3 is 2.74 bits per heavy atom. The molecule has 2 rings (SSSR count). The highest BCUT2D eigenvalue weighted by Crippen LogP contribution is 2.25. The molecule has 0 aliphatic carbocycles. The monoisotopic (exact) mass is 430 g/mol. The topological polar surface area (TPSA) is 79.6 Å². The Bertz CT molecular complexity index is 854.